The van der Waals surface area contributed by atoms with E-state index < -0.39 is 10.2 Å². The first-order chi connectivity index (χ1) is 11.0. The van der Waals surface area contributed by atoms with E-state index in [0.717, 1.165) is 25.1 Å². The quantitative estimate of drug-likeness (QED) is 0.778. The van der Waals surface area contributed by atoms with Crippen LogP contribution in [0.2, 0.25) is 0 Å². The minimum atomic E-state index is -3.79. The molecule has 0 bridgehead atoms. The minimum absolute atomic E-state index is 0.271. The van der Waals surface area contributed by atoms with E-state index >= 15 is 0 Å². The van der Waals surface area contributed by atoms with Gasteiger partial charge in [0.05, 0.1) is 0 Å². The van der Waals surface area contributed by atoms with Gasteiger partial charge in [0.15, 0.2) is 11.7 Å². The third-order valence-electron chi connectivity index (χ3n) is 3.56. The Morgan fingerprint density at radius 2 is 1.83 bits per heavy atom. The van der Waals surface area contributed by atoms with E-state index in [9.17, 15) is 8.42 Å². The predicted molar refractivity (Wildman–Crippen MR) is 94.1 cm³/mol. The molecule has 2 rings (SSSR count). The summed E-state index contributed by atoms with van der Waals surface area (Å²) in [6.45, 7) is 2.93. The van der Waals surface area contributed by atoms with Crippen molar-refractivity contribution in [3.8, 4) is 0 Å². The summed E-state index contributed by atoms with van der Waals surface area (Å²) in [5, 5.41) is 3.02. The third-order valence-corrected chi connectivity index (χ3v) is 4.38. The van der Waals surface area contributed by atoms with Crippen molar-refractivity contribution >= 4 is 27.6 Å². The van der Waals surface area contributed by atoms with Crippen LogP contribution in [0.15, 0.2) is 33.1 Å². The number of amidine groups is 2. The highest BCUT2D eigenvalue weighted by molar-refractivity contribution is 7.89. The number of rotatable bonds is 7. The summed E-state index contributed by atoms with van der Waals surface area (Å²) in [6.07, 6.45) is 5.78. The predicted octanol–water partition coefficient (Wildman–Crippen LogP) is 2.86. The molecule has 1 aromatic rings. The van der Waals surface area contributed by atoms with Crippen molar-refractivity contribution in [2.75, 3.05) is 18.9 Å². The van der Waals surface area contributed by atoms with E-state index in [4.69, 9.17) is 0 Å². The lowest BCUT2D eigenvalue weighted by Gasteiger charge is -2.19. The average molecular weight is 335 g/mol. The maximum Gasteiger partial charge on any atom is 0.367 e. The largest absolute Gasteiger partial charge is 0.367 e. The first-order valence-corrected chi connectivity index (χ1v) is 9.31. The van der Waals surface area contributed by atoms with Gasteiger partial charge >= 0.3 is 10.2 Å². The van der Waals surface area contributed by atoms with E-state index in [1.54, 1.807) is 24.3 Å². The van der Waals surface area contributed by atoms with E-state index in [0.29, 0.717) is 5.84 Å². The summed E-state index contributed by atoms with van der Waals surface area (Å²) in [5.74, 6) is 0.639. The highest BCUT2D eigenvalue weighted by Crippen LogP contribution is 2.14. The normalized spacial score (nSPS) is 15.9. The Kier molecular flexibility index (Phi) is 6.15. The van der Waals surface area contributed by atoms with Crippen LogP contribution in [0.5, 0.6) is 0 Å². The van der Waals surface area contributed by atoms with Crippen LogP contribution in [0.4, 0.5) is 5.69 Å². The zero-order valence-electron chi connectivity index (χ0n) is 13.6. The van der Waals surface area contributed by atoms with Crippen LogP contribution < -0.4 is 5.32 Å². The SMILES string of the molecule is CCCCCCCN(C)C1=NS(=O)(=O)N=C1Nc1cc[c]cc1. The number of hydrogen-bond acceptors (Lipinski definition) is 4. The smallest absolute Gasteiger partial charge is 0.356 e. The zero-order chi connectivity index (χ0) is 16.7. The lowest BCUT2D eigenvalue weighted by molar-refractivity contribution is 0.473. The molecule has 0 atom stereocenters. The van der Waals surface area contributed by atoms with Gasteiger partial charge in [-0.15, -0.1) is 8.80 Å². The van der Waals surface area contributed by atoms with E-state index in [1.807, 2.05) is 11.9 Å². The van der Waals surface area contributed by atoms with Crippen LogP contribution in [0.1, 0.15) is 39.0 Å². The number of nitrogens with zero attached hydrogens (tertiary/aromatic N) is 3. The fraction of sp³-hybridized carbons (Fsp3) is 0.500. The molecule has 7 heteroatoms. The molecular weight excluding hydrogens is 312 g/mol. The van der Waals surface area contributed by atoms with Gasteiger partial charge in [-0.05, 0) is 24.6 Å². The van der Waals surface area contributed by atoms with Crippen molar-refractivity contribution in [1.29, 1.82) is 0 Å². The second-order valence-electron chi connectivity index (χ2n) is 5.55. The second kappa shape index (κ2) is 8.10. The van der Waals surface area contributed by atoms with Crippen molar-refractivity contribution < 1.29 is 8.42 Å². The summed E-state index contributed by atoms with van der Waals surface area (Å²) < 4.78 is 30.9. The molecular formula is C16H23N4O2S. The molecule has 0 saturated heterocycles. The van der Waals surface area contributed by atoms with Crippen LogP contribution in [0.3, 0.4) is 0 Å². The molecule has 1 radical (unpaired) electrons. The molecule has 23 heavy (non-hydrogen) atoms. The van der Waals surface area contributed by atoms with Crippen LogP contribution >= 0.6 is 0 Å². The van der Waals surface area contributed by atoms with Gasteiger partial charge in [0.2, 0.25) is 0 Å². The summed E-state index contributed by atoms with van der Waals surface area (Å²) in [5.41, 5.74) is 0.753. The Hall–Kier alpha value is -1.89. The molecule has 0 spiro atoms. The topological polar surface area (TPSA) is 74.1 Å². The maximum atomic E-state index is 11.7. The van der Waals surface area contributed by atoms with Crippen LogP contribution in [0, 0.1) is 6.07 Å². The molecule has 1 aromatic carbocycles. The monoisotopic (exact) mass is 335 g/mol. The van der Waals surface area contributed by atoms with Crippen molar-refractivity contribution in [3.63, 3.8) is 0 Å². The molecule has 0 amide bonds. The van der Waals surface area contributed by atoms with Gasteiger partial charge in [0, 0.05) is 19.3 Å². The van der Waals surface area contributed by atoms with Gasteiger partial charge in [0.25, 0.3) is 0 Å². The van der Waals surface area contributed by atoms with Gasteiger partial charge in [-0.1, -0.05) is 44.7 Å². The van der Waals surface area contributed by atoms with E-state index in [2.05, 4.69) is 27.1 Å². The summed E-state index contributed by atoms with van der Waals surface area (Å²) >= 11 is 0. The summed E-state index contributed by atoms with van der Waals surface area (Å²) in [4.78, 5) is 1.84. The zero-order valence-corrected chi connectivity index (χ0v) is 14.4. The number of anilines is 1. The number of likely N-dealkylation sites (N-methyl/N-ethyl adjacent to an activating group) is 1. The molecule has 125 valence electrons. The van der Waals surface area contributed by atoms with Gasteiger partial charge in [0.1, 0.15) is 0 Å². The number of benzene rings is 1. The van der Waals surface area contributed by atoms with E-state index in [1.165, 1.54) is 19.3 Å². The Morgan fingerprint density at radius 3 is 2.52 bits per heavy atom. The number of unbranched alkanes of at least 4 members (excludes halogenated alkanes) is 4. The lowest BCUT2D eigenvalue weighted by atomic mass is 10.1. The molecule has 1 aliphatic heterocycles. The average Bonchev–Trinajstić information content (AvgIpc) is 2.82. The van der Waals surface area contributed by atoms with Crippen LogP contribution in [0.25, 0.3) is 0 Å². The number of hydrogen-bond donors (Lipinski definition) is 1. The maximum absolute atomic E-state index is 11.7. The first kappa shape index (κ1) is 17.5. The Bertz CT molecular complexity index is 669. The second-order valence-corrected chi connectivity index (χ2v) is 6.81. The van der Waals surface area contributed by atoms with Crippen molar-refractivity contribution in [2.24, 2.45) is 8.80 Å². The van der Waals surface area contributed by atoms with Gasteiger partial charge in [-0.25, -0.2) is 0 Å². The first-order valence-electron chi connectivity index (χ1n) is 7.91. The molecule has 0 aliphatic carbocycles. The highest BCUT2D eigenvalue weighted by atomic mass is 32.2. The summed E-state index contributed by atoms with van der Waals surface area (Å²) in [6, 6.07) is 10.0. The summed E-state index contributed by atoms with van der Waals surface area (Å²) in [7, 11) is -1.94. The molecule has 0 saturated carbocycles. The third kappa shape index (κ3) is 5.35. The fourth-order valence-corrected chi connectivity index (χ4v) is 3.17. The molecule has 1 N–H and O–H groups in total. The molecule has 0 unspecified atom stereocenters. The minimum Gasteiger partial charge on any atom is -0.356 e. The van der Waals surface area contributed by atoms with Gasteiger partial charge < -0.3 is 10.2 Å². The van der Waals surface area contributed by atoms with Gasteiger partial charge in [-0.2, -0.15) is 8.42 Å². The fourth-order valence-electron chi connectivity index (χ4n) is 2.32. The highest BCUT2D eigenvalue weighted by Gasteiger charge is 2.27. The van der Waals surface area contributed by atoms with Crippen molar-refractivity contribution in [1.82, 2.24) is 4.90 Å². The van der Waals surface area contributed by atoms with Crippen LogP contribution in [-0.4, -0.2) is 38.6 Å². The van der Waals surface area contributed by atoms with Gasteiger partial charge in [-0.3, -0.25) is 0 Å². The lowest BCUT2D eigenvalue weighted by Crippen LogP contribution is -2.36. The van der Waals surface area contributed by atoms with Crippen molar-refractivity contribution in [3.05, 3.63) is 30.3 Å². The molecule has 0 aromatic heterocycles. The standard InChI is InChI=1S/C16H23N4O2S/c1-3-4-5-6-10-13-20(2)16-15(18-23(21,22)19-16)17-14-11-8-7-9-12-14/h8-9,11-12H,3-6,10,13H2,1-2H3,(H,17,18). The molecule has 1 heterocycles. The molecule has 0 fully saturated rings. The van der Waals surface area contributed by atoms with Crippen molar-refractivity contribution in [2.45, 2.75) is 39.0 Å². The van der Waals surface area contributed by atoms with Crippen LogP contribution in [-0.2, 0) is 10.2 Å². The molecule has 1 aliphatic rings. The molecule has 6 nitrogen and oxygen atoms in total. The Morgan fingerprint density at radius 1 is 1.13 bits per heavy atom. The van der Waals surface area contributed by atoms with E-state index in [-0.39, 0.29) is 5.84 Å². The number of nitrogens with one attached hydrogen (secondary N) is 1. The Balaban J connectivity index is 1.99. The Labute approximate surface area is 138 Å².